The van der Waals surface area contributed by atoms with E-state index < -0.39 is 0 Å². The second kappa shape index (κ2) is 7.62. The minimum atomic E-state index is 0.956. The number of nitrogens with zero attached hydrogens (tertiary/aromatic N) is 1. The van der Waals surface area contributed by atoms with Crippen LogP contribution >= 0.6 is 11.8 Å². The Hall–Kier alpha value is -0.670. The molecule has 0 saturated heterocycles. The minimum Gasteiger partial charge on any atom is -0.310 e. The topological polar surface area (TPSA) is 29.3 Å². The van der Waals surface area contributed by atoms with Crippen LogP contribution in [0.25, 0.3) is 0 Å². The Balaban J connectivity index is 0.000000437. The van der Waals surface area contributed by atoms with E-state index in [1.165, 1.54) is 34.7 Å². The molecule has 2 rings (SSSR count). The fraction of sp³-hybridized carbons (Fsp3) is 0.571. The maximum absolute atomic E-state index is 5.87. The molecule has 0 bridgehead atoms. The summed E-state index contributed by atoms with van der Waals surface area (Å²) < 4.78 is 0. The Labute approximate surface area is 110 Å². The highest BCUT2D eigenvalue weighted by atomic mass is 32.2. The van der Waals surface area contributed by atoms with Gasteiger partial charge in [0, 0.05) is 11.4 Å². The number of thioether (sulfide) groups is 1. The number of benzene rings is 1. The van der Waals surface area contributed by atoms with Crippen LogP contribution in [-0.2, 0) is 6.42 Å². The Kier molecular flexibility index (Phi) is 6.45. The highest BCUT2D eigenvalue weighted by Gasteiger charge is 2.15. The van der Waals surface area contributed by atoms with Crippen molar-refractivity contribution in [1.29, 1.82) is 0 Å². The number of rotatable bonds is 3. The van der Waals surface area contributed by atoms with Gasteiger partial charge < -0.3 is 5.01 Å². The van der Waals surface area contributed by atoms with Crippen molar-refractivity contribution in [3.8, 4) is 0 Å². The lowest BCUT2D eigenvalue weighted by Gasteiger charge is -2.12. The quantitative estimate of drug-likeness (QED) is 0.654. The van der Waals surface area contributed by atoms with Gasteiger partial charge in [-0.05, 0) is 36.3 Å². The molecule has 17 heavy (non-hydrogen) atoms. The molecule has 96 valence electrons. The summed E-state index contributed by atoms with van der Waals surface area (Å²) in [6.07, 6.45) is 3.55. The number of anilines is 1. The first-order valence-electron chi connectivity index (χ1n) is 6.50. The lowest BCUT2D eigenvalue weighted by Crippen LogP contribution is -2.28. The van der Waals surface area contributed by atoms with E-state index >= 15 is 0 Å². The average Bonchev–Trinajstić information content (AvgIpc) is 2.69. The largest absolute Gasteiger partial charge is 0.310 e. The van der Waals surface area contributed by atoms with Crippen LogP contribution in [-0.4, -0.2) is 12.3 Å². The van der Waals surface area contributed by atoms with Gasteiger partial charge in [-0.2, -0.15) is 0 Å². The van der Waals surface area contributed by atoms with Crippen molar-refractivity contribution in [3.63, 3.8) is 0 Å². The van der Waals surface area contributed by atoms with Gasteiger partial charge in [-0.3, -0.25) is 0 Å². The molecule has 0 atom stereocenters. The number of nitrogens with two attached hydrogens (primary N) is 1. The van der Waals surface area contributed by atoms with Gasteiger partial charge in [0.15, 0.2) is 0 Å². The Morgan fingerprint density at radius 1 is 1.29 bits per heavy atom. The van der Waals surface area contributed by atoms with E-state index in [-0.39, 0.29) is 0 Å². The molecule has 0 unspecified atom stereocenters. The highest BCUT2D eigenvalue weighted by molar-refractivity contribution is 7.99. The van der Waals surface area contributed by atoms with Crippen LogP contribution in [0.1, 0.15) is 39.2 Å². The predicted octanol–water partition coefficient (Wildman–Crippen LogP) is 3.84. The number of hydrogen-bond donors (Lipinski definition) is 1. The smallest absolute Gasteiger partial charge is 0.0561 e. The number of fused-ring (bicyclic) bond motifs is 1. The van der Waals surface area contributed by atoms with Crippen molar-refractivity contribution in [2.75, 3.05) is 17.3 Å². The lowest BCUT2D eigenvalue weighted by molar-refractivity contribution is 0.891. The van der Waals surface area contributed by atoms with E-state index in [1.807, 2.05) is 16.8 Å². The molecule has 2 nitrogen and oxygen atoms in total. The Morgan fingerprint density at radius 3 is 2.65 bits per heavy atom. The molecule has 1 heterocycles. The first-order valence-corrected chi connectivity index (χ1v) is 7.49. The number of hydrogen-bond acceptors (Lipinski definition) is 3. The molecule has 0 radical (unpaired) electrons. The summed E-state index contributed by atoms with van der Waals surface area (Å²) in [7, 11) is 0. The summed E-state index contributed by atoms with van der Waals surface area (Å²) in [6.45, 7) is 7.41. The highest BCUT2D eigenvalue weighted by Crippen LogP contribution is 2.30. The molecule has 1 aliphatic rings. The normalized spacial score (nSPS) is 13.1. The molecular formula is C14H24N2S. The van der Waals surface area contributed by atoms with Gasteiger partial charge in [0.1, 0.15) is 0 Å². The van der Waals surface area contributed by atoms with Crippen LogP contribution < -0.4 is 10.9 Å². The second-order valence-electron chi connectivity index (χ2n) is 4.29. The van der Waals surface area contributed by atoms with Crippen molar-refractivity contribution in [1.82, 2.24) is 0 Å². The molecular weight excluding hydrogens is 228 g/mol. The maximum Gasteiger partial charge on any atom is 0.0561 e. The molecule has 0 spiro atoms. The monoisotopic (exact) mass is 252 g/mol. The Morgan fingerprint density at radius 2 is 2.00 bits per heavy atom. The van der Waals surface area contributed by atoms with E-state index in [0.29, 0.717) is 0 Å². The summed E-state index contributed by atoms with van der Waals surface area (Å²) in [4.78, 5) is 1.34. The van der Waals surface area contributed by atoms with Crippen LogP contribution in [0.5, 0.6) is 0 Å². The molecule has 2 N–H and O–H groups in total. The molecule has 1 aromatic rings. The van der Waals surface area contributed by atoms with Gasteiger partial charge >= 0.3 is 0 Å². The zero-order chi connectivity index (χ0) is 12.7. The van der Waals surface area contributed by atoms with Crippen LogP contribution in [0, 0.1) is 0 Å². The van der Waals surface area contributed by atoms with Crippen LogP contribution in [0.15, 0.2) is 23.1 Å². The number of hydrazine groups is 1. The predicted molar refractivity (Wildman–Crippen MR) is 78.7 cm³/mol. The molecule has 0 aliphatic carbocycles. The van der Waals surface area contributed by atoms with E-state index in [0.717, 1.165) is 13.0 Å². The van der Waals surface area contributed by atoms with Crippen LogP contribution in [0.3, 0.4) is 0 Å². The van der Waals surface area contributed by atoms with Gasteiger partial charge in [0.2, 0.25) is 0 Å². The molecule has 0 fully saturated rings. The summed E-state index contributed by atoms with van der Waals surface area (Å²) in [5.41, 5.74) is 2.60. The van der Waals surface area contributed by atoms with Gasteiger partial charge in [-0.15, -0.1) is 11.8 Å². The third kappa shape index (κ3) is 4.25. The van der Waals surface area contributed by atoms with E-state index in [4.69, 9.17) is 5.84 Å². The maximum atomic E-state index is 5.87. The Bertz CT molecular complexity index is 339. The summed E-state index contributed by atoms with van der Waals surface area (Å²) in [5, 5.41) is 1.85. The molecule has 1 aliphatic heterocycles. The molecule has 1 aromatic carbocycles. The average molecular weight is 252 g/mol. The third-order valence-corrected chi connectivity index (χ3v) is 3.66. The van der Waals surface area contributed by atoms with Crippen LogP contribution in [0.2, 0.25) is 0 Å². The van der Waals surface area contributed by atoms with Crippen molar-refractivity contribution < 1.29 is 0 Å². The molecule has 0 saturated carbocycles. The van der Waals surface area contributed by atoms with Gasteiger partial charge in [0.25, 0.3) is 0 Å². The molecule has 0 amide bonds. The first-order chi connectivity index (χ1) is 8.22. The van der Waals surface area contributed by atoms with Gasteiger partial charge in [-0.25, -0.2) is 5.84 Å². The zero-order valence-electron chi connectivity index (χ0n) is 11.2. The van der Waals surface area contributed by atoms with Crippen molar-refractivity contribution >= 4 is 17.4 Å². The fourth-order valence-electron chi connectivity index (χ4n) is 1.69. The van der Waals surface area contributed by atoms with Crippen LogP contribution in [0.4, 0.5) is 5.69 Å². The minimum absolute atomic E-state index is 0.956. The van der Waals surface area contributed by atoms with Crippen molar-refractivity contribution in [3.05, 3.63) is 23.8 Å². The standard InChI is InChI=1S/C11H16N2S.C3H8/c1-2-7-14-10-4-3-9-5-6-13(12)11(9)8-10;1-3-2/h3-4,8H,2,5-7,12H2,1H3;3H2,1-2H3. The SMILES string of the molecule is CCC.CCCSc1ccc2c(c1)N(N)CC2. The van der Waals surface area contributed by atoms with E-state index in [1.54, 1.807) is 0 Å². The lowest BCUT2D eigenvalue weighted by atomic mass is 10.2. The molecule has 0 aromatic heterocycles. The zero-order valence-corrected chi connectivity index (χ0v) is 12.0. The van der Waals surface area contributed by atoms with Gasteiger partial charge in [-0.1, -0.05) is 33.3 Å². The fourth-order valence-corrected chi connectivity index (χ4v) is 2.49. The third-order valence-electron chi connectivity index (χ3n) is 2.46. The van der Waals surface area contributed by atoms with Crippen molar-refractivity contribution in [2.24, 2.45) is 5.84 Å². The second-order valence-corrected chi connectivity index (χ2v) is 5.46. The summed E-state index contributed by atoms with van der Waals surface area (Å²) in [6, 6.07) is 6.63. The van der Waals surface area contributed by atoms with Crippen molar-refractivity contribution in [2.45, 2.75) is 44.9 Å². The van der Waals surface area contributed by atoms with E-state index in [9.17, 15) is 0 Å². The van der Waals surface area contributed by atoms with Gasteiger partial charge in [0.05, 0.1) is 5.69 Å². The summed E-state index contributed by atoms with van der Waals surface area (Å²) in [5.74, 6) is 7.05. The first kappa shape index (κ1) is 14.4. The molecule has 3 heteroatoms. The summed E-state index contributed by atoms with van der Waals surface area (Å²) >= 11 is 1.91. The van der Waals surface area contributed by atoms with E-state index in [2.05, 4.69) is 39.0 Å².